The van der Waals surface area contributed by atoms with Gasteiger partial charge >= 0.3 is 0 Å². The summed E-state index contributed by atoms with van der Waals surface area (Å²) in [5.74, 6) is 1.53. The number of pyridine rings is 1. The molecule has 21 heavy (non-hydrogen) atoms. The lowest BCUT2D eigenvalue weighted by atomic mass is 9.78. The van der Waals surface area contributed by atoms with E-state index in [1.807, 2.05) is 6.20 Å². The molecule has 0 spiro atoms. The highest BCUT2D eigenvalue weighted by Gasteiger charge is 2.31. The van der Waals surface area contributed by atoms with E-state index in [2.05, 4.69) is 56.6 Å². The lowest BCUT2D eigenvalue weighted by Gasteiger charge is -2.38. The van der Waals surface area contributed by atoms with E-state index < -0.39 is 5.60 Å². The van der Waals surface area contributed by atoms with Gasteiger partial charge in [-0.1, -0.05) is 40.7 Å². The molecule has 1 saturated heterocycles. The molecule has 118 valence electrons. The highest BCUT2D eigenvalue weighted by molar-refractivity contribution is 5.40. The van der Waals surface area contributed by atoms with Gasteiger partial charge in [0.1, 0.15) is 5.82 Å². The predicted molar refractivity (Wildman–Crippen MR) is 88.8 cm³/mol. The van der Waals surface area contributed by atoms with E-state index in [1.165, 1.54) is 5.56 Å². The number of nitrogens with zero attached hydrogens (tertiary/aromatic N) is 2. The number of rotatable bonds is 3. The Bertz CT molecular complexity index is 453. The Kier molecular flexibility index (Phi) is 4.62. The Hall–Kier alpha value is -1.09. The average Bonchev–Trinajstić information content (AvgIpc) is 2.47. The van der Waals surface area contributed by atoms with Gasteiger partial charge in [-0.15, -0.1) is 0 Å². The molecule has 1 aliphatic heterocycles. The lowest BCUT2D eigenvalue weighted by Crippen LogP contribution is -2.44. The van der Waals surface area contributed by atoms with Crippen LogP contribution in [0.15, 0.2) is 18.3 Å². The summed E-state index contributed by atoms with van der Waals surface area (Å²) in [5.41, 5.74) is 1.09. The first-order chi connectivity index (χ1) is 9.75. The number of piperidine rings is 1. The Morgan fingerprint density at radius 3 is 2.33 bits per heavy atom. The summed E-state index contributed by atoms with van der Waals surface area (Å²) in [6.07, 6.45) is 4.54. The Morgan fingerprint density at radius 1 is 1.29 bits per heavy atom. The zero-order valence-corrected chi connectivity index (χ0v) is 14.2. The van der Waals surface area contributed by atoms with Crippen molar-refractivity contribution in [2.24, 2.45) is 5.41 Å². The molecule has 0 saturated carbocycles. The highest BCUT2D eigenvalue weighted by Crippen LogP contribution is 2.35. The molecular weight excluding hydrogens is 260 g/mol. The van der Waals surface area contributed by atoms with Crippen LogP contribution in [-0.2, 0) is 0 Å². The molecule has 1 aromatic heterocycles. The van der Waals surface area contributed by atoms with E-state index in [4.69, 9.17) is 0 Å². The van der Waals surface area contributed by atoms with Crippen molar-refractivity contribution < 1.29 is 5.11 Å². The number of hydrogen-bond donors (Lipinski definition) is 1. The quantitative estimate of drug-likeness (QED) is 0.915. The van der Waals surface area contributed by atoms with Crippen LogP contribution in [-0.4, -0.2) is 28.8 Å². The van der Waals surface area contributed by atoms with Crippen molar-refractivity contribution in [1.82, 2.24) is 4.98 Å². The van der Waals surface area contributed by atoms with E-state index in [9.17, 15) is 5.11 Å². The highest BCUT2D eigenvalue weighted by atomic mass is 16.3. The topological polar surface area (TPSA) is 36.4 Å². The first kappa shape index (κ1) is 16.3. The SMILES string of the molecule is CCC1(O)CCN(c2ccc(C(C)C(C)(C)C)cn2)CC1. The zero-order chi connectivity index (χ0) is 15.7. The molecule has 0 aliphatic carbocycles. The average molecular weight is 290 g/mol. The van der Waals surface area contributed by atoms with E-state index in [0.717, 1.165) is 38.2 Å². The Morgan fingerprint density at radius 2 is 1.90 bits per heavy atom. The van der Waals surface area contributed by atoms with Crippen molar-refractivity contribution >= 4 is 5.82 Å². The second-order valence-corrected chi connectivity index (χ2v) is 7.60. The van der Waals surface area contributed by atoms with Crippen LogP contribution in [0.5, 0.6) is 0 Å². The number of aromatic nitrogens is 1. The van der Waals surface area contributed by atoms with Crippen molar-refractivity contribution in [3.8, 4) is 0 Å². The minimum absolute atomic E-state index is 0.256. The van der Waals surface area contributed by atoms with Gasteiger partial charge in [-0.25, -0.2) is 4.98 Å². The van der Waals surface area contributed by atoms with Gasteiger partial charge in [-0.2, -0.15) is 0 Å². The van der Waals surface area contributed by atoms with Crippen LogP contribution >= 0.6 is 0 Å². The maximum atomic E-state index is 10.3. The third kappa shape index (κ3) is 3.76. The number of aliphatic hydroxyl groups is 1. The Balaban J connectivity index is 2.04. The molecule has 1 atom stereocenters. The molecule has 0 radical (unpaired) electrons. The van der Waals surface area contributed by atoms with Crippen LogP contribution in [0.2, 0.25) is 0 Å². The first-order valence-corrected chi connectivity index (χ1v) is 8.18. The van der Waals surface area contributed by atoms with E-state index in [-0.39, 0.29) is 5.41 Å². The summed E-state index contributed by atoms with van der Waals surface area (Å²) in [6, 6.07) is 4.34. The van der Waals surface area contributed by atoms with Gasteiger partial charge in [-0.3, -0.25) is 0 Å². The third-order valence-corrected chi connectivity index (χ3v) is 5.25. The summed E-state index contributed by atoms with van der Waals surface area (Å²) in [5, 5.41) is 10.3. The lowest BCUT2D eigenvalue weighted by molar-refractivity contribution is 0.0125. The van der Waals surface area contributed by atoms with Crippen molar-refractivity contribution in [3.05, 3.63) is 23.9 Å². The van der Waals surface area contributed by atoms with Gasteiger partial charge in [0.25, 0.3) is 0 Å². The van der Waals surface area contributed by atoms with Crippen molar-refractivity contribution in [2.45, 2.75) is 65.4 Å². The van der Waals surface area contributed by atoms with Crippen molar-refractivity contribution in [2.75, 3.05) is 18.0 Å². The summed E-state index contributed by atoms with van der Waals surface area (Å²) in [7, 11) is 0. The number of anilines is 1. The Labute approximate surface area is 129 Å². The monoisotopic (exact) mass is 290 g/mol. The maximum absolute atomic E-state index is 10.3. The maximum Gasteiger partial charge on any atom is 0.128 e. The molecule has 3 heteroatoms. The summed E-state index contributed by atoms with van der Waals surface area (Å²) in [6.45, 7) is 12.9. The van der Waals surface area contributed by atoms with Crippen LogP contribution < -0.4 is 4.90 Å². The second-order valence-electron chi connectivity index (χ2n) is 7.60. The van der Waals surface area contributed by atoms with E-state index >= 15 is 0 Å². The molecule has 1 aliphatic rings. The normalized spacial score (nSPS) is 20.4. The smallest absolute Gasteiger partial charge is 0.128 e. The minimum atomic E-state index is -0.461. The minimum Gasteiger partial charge on any atom is -0.390 e. The molecule has 1 N–H and O–H groups in total. The molecule has 0 aromatic carbocycles. The van der Waals surface area contributed by atoms with E-state index in [0.29, 0.717) is 5.92 Å². The molecule has 0 bridgehead atoms. The standard InChI is InChI=1S/C18H30N2O/c1-6-18(21)9-11-20(12-10-18)16-8-7-15(13-19-16)14(2)17(3,4)5/h7-8,13-14,21H,6,9-12H2,1-5H3. The fourth-order valence-electron chi connectivity index (χ4n) is 2.85. The van der Waals surface area contributed by atoms with E-state index in [1.54, 1.807) is 0 Å². The van der Waals surface area contributed by atoms with Crippen LogP contribution in [0.25, 0.3) is 0 Å². The molecule has 0 amide bonds. The summed E-state index contributed by atoms with van der Waals surface area (Å²) >= 11 is 0. The molecule has 1 fully saturated rings. The fourth-order valence-corrected chi connectivity index (χ4v) is 2.85. The van der Waals surface area contributed by atoms with Gasteiger partial charge in [0.05, 0.1) is 5.60 Å². The zero-order valence-electron chi connectivity index (χ0n) is 14.2. The predicted octanol–water partition coefficient (Wildman–Crippen LogP) is 3.97. The van der Waals surface area contributed by atoms with Crippen molar-refractivity contribution in [1.29, 1.82) is 0 Å². The second kappa shape index (κ2) is 5.96. The van der Waals surface area contributed by atoms with Gasteiger partial charge < -0.3 is 10.0 Å². The van der Waals surface area contributed by atoms with Gasteiger partial charge in [-0.05, 0) is 42.2 Å². The van der Waals surface area contributed by atoms with Crippen LogP contribution in [0.1, 0.15) is 65.4 Å². The van der Waals surface area contributed by atoms with Gasteiger partial charge in [0, 0.05) is 19.3 Å². The van der Waals surface area contributed by atoms with Gasteiger partial charge in [0.15, 0.2) is 0 Å². The van der Waals surface area contributed by atoms with Crippen LogP contribution in [0.4, 0.5) is 5.82 Å². The molecular formula is C18H30N2O. The van der Waals surface area contributed by atoms with Crippen molar-refractivity contribution in [3.63, 3.8) is 0 Å². The first-order valence-electron chi connectivity index (χ1n) is 8.18. The molecule has 2 rings (SSSR count). The molecule has 3 nitrogen and oxygen atoms in total. The number of hydrogen-bond acceptors (Lipinski definition) is 3. The van der Waals surface area contributed by atoms with Gasteiger partial charge in [0.2, 0.25) is 0 Å². The summed E-state index contributed by atoms with van der Waals surface area (Å²) in [4.78, 5) is 6.94. The largest absolute Gasteiger partial charge is 0.390 e. The molecule has 1 unspecified atom stereocenters. The molecule has 2 heterocycles. The van der Waals surface area contributed by atoms with Crippen LogP contribution in [0, 0.1) is 5.41 Å². The van der Waals surface area contributed by atoms with Crippen LogP contribution in [0.3, 0.4) is 0 Å². The summed E-state index contributed by atoms with van der Waals surface area (Å²) < 4.78 is 0. The molecule has 1 aromatic rings. The fraction of sp³-hybridized carbons (Fsp3) is 0.722. The third-order valence-electron chi connectivity index (χ3n) is 5.25.